The van der Waals surface area contributed by atoms with Crippen molar-refractivity contribution >= 4 is 17.4 Å². The maximum Gasteiger partial charge on any atom is 0.128 e. The first-order valence-electron chi connectivity index (χ1n) is 7.41. The zero-order valence-electron chi connectivity index (χ0n) is 12.3. The summed E-state index contributed by atoms with van der Waals surface area (Å²) < 4.78 is 6.17. The van der Waals surface area contributed by atoms with E-state index in [1.165, 1.54) is 12.8 Å². The molecule has 1 fully saturated rings. The molecule has 0 amide bonds. The third-order valence-electron chi connectivity index (χ3n) is 4.04. The molecule has 5 heteroatoms. The Morgan fingerprint density at radius 2 is 2.15 bits per heavy atom. The van der Waals surface area contributed by atoms with Gasteiger partial charge in [0.1, 0.15) is 5.82 Å². The van der Waals surface area contributed by atoms with Crippen LogP contribution in [0.15, 0.2) is 12.3 Å². The Labute approximate surface area is 126 Å². The van der Waals surface area contributed by atoms with E-state index in [4.69, 9.17) is 22.1 Å². The van der Waals surface area contributed by atoms with Crippen molar-refractivity contribution < 1.29 is 4.74 Å². The first kappa shape index (κ1) is 15.5. The predicted molar refractivity (Wildman–Crippen MR) is 82.9 cm³/mol. The van der Waals surface area contributed by atoms with Crippen LogP contribution in [0.3, 0.4) is 0 Å². The van der Waals surface area contributed by atoms with Crippen LogP contribution in [0.2, 0.25) is 5.02 Å². The van der Waals surface area contributed by atoms with Crippen molar-refractivity contribution in [2.75, 3.05) is 18.9 Å². The van der Waals surface area contributed by atoms with E-state index in [0.29, 0.717) is 17.4 Å². The van der Waals surface area contributed by atoms with Gasteiger partial charge < -0.3 is 15.8 Å². The second-order valence-corrected chi connectivity index (χ2v) is 5.76. The molecule has 1 aliphatic rings. The van der Waals surface area contributed by atoms with Gasteiger partial charge in [0.05, 0.1) is 16.7 Å². The maximum atomic E-state index is 6.17. The zero-order chi connectivity index (χ0) is 14.6. The maximum absolute atomic E-state index is 6.17. The van der Waals surface area contributed by atoms with E-state index in [2.05, 4.69) is 17.2 Å². The minimum atomic E-state index is -0.189. The van der Waals surface area contributed by atoms with Crippen molar-refractivity contribution in [3.63, 3.8) is 0 Å². The molecule has 2 rings (SSSR count). The summed E-state index contributed by atoms with van der Waals surface area (Å²) in [5.74, 6) is 0.534. The van der Waals surface area contributed by atoms with E-state index in [1.807, 2.05) is 13.0 Å². The van der Waals surface area contributed by atoms with Gasteiger partial charge >= 0.3 is 0 Å². The molecule has 0 radical (unpaired) electrons. The summed E-state index contributed by atoms with van der Waals surface area (Å²) in [5.41, 5.74) is 6.84. The SMILES string of the molecule is CCNC(c1cc(Cl)cnc1N)C1(OCC)CCCC1. The van der Waals surface area contributed by atoms with E-state index in [-0.39, 0.29) is 11.6 Å². The molecule has 0 spiro atoms. The largest absolute Gasteiger partial charge is 0.383 e. The summed E-state index contributed by atoms with van der Waals surface area (Å²) in [5, 5.41) is 4.14. The number of halogens is 1. The molecule has 20 heavy (non-hydrogen) atoms. The highest BCUT2D eigenvalue weighted by atomic mass is 35.5. The van der Waals surface area contributed by atoms with Gasteiger partial charge in [-0.2, -0.15) is 0 Å². The fourth-order valence-electron chi connectivity index (χ4n) is 3.26. The van der Waals surface area contributed by atoms with Crippen LogP contribution in [0.25, 0.3) is 0 Å². The molecular formula is C15H24ClN3O. The Balaban J connectivity index is 2.40. The van der Waals surface area contributed by atoms with Crippen LogP contribution < -0.4 is 11.1 Å². The first-order chi connectivity index (χ1) is 9.63. The topological polar surface area (TPSA) is 60.2 Å². The van der Waals surface area contributed by atoms with E-state index >= 15 is 0 Å². The van der Waals surface area contributed by atoms with Crippen LogP contribution in [0.1, 0.15) is 51.1 Å². The smallest absolute Gasteiger partial charge is 0.128 e. The van der Waals surface area contributed by atoms with Crippen LogP contribution in [0.5, 0.6) is 0 Å². The number of nitrogens with zero attached hydrogens (tertiary/aromatic N) is 1. The van der Waals surface area contributed by atoms with Gasteiger partial charge in [0.2, 0.25) is 0 Å². The molecule has 1 aliphatic carbocycles. The first-order valence-corrected chi connectivity index (χ1v) is 7.79. The number of rotatable bonds is 6. The molecule has 0 saturated heterocycles. The fourth-order valence-corrected chi connectivity index (χ4v) is 3.42. The quantitative estimate of drug-likeness (QED) is 0.845. The summed E-state index contributed by atoms with van der Waals surface area (Å²) in [6, 6.07) is 1.96. The van der Waals surface area contributed by atoms with Gasteiger partial charge in [-0.25, -0.2) is 4.98 Å². The summed E-state index contributed by atoms with van der Waals surface area (Å²) in [6.07, 6.45) is 6.06. The van der Waals surface area contributed by atoms with Crippen LogP contribution in [0, 0.1) is 0 Å². The third-order valence-corrected chi connectivity index (χ3v) is 4.25. The van der Waals surface area contributed by atoms with Gasteiger partial charge in [-0.15, -0.1) is 0 Å². The van der Waals surface area contributed by atoms with Gasteiger partial charge in [-0.1, -0.05) is 31.4 Å². The summed E-state index contributed by atoms with van der Waals surface area (Å²) >= 11 is 6.10. The number of pyridine rings is 1. The van der Waals surface area contributed by atoms with Crippen molar-refractivity contribution in [1.29, 1.82) is 0 Å². The van der Waals surface area contributed by atoms with Gasteiger partial charge in [0, 0.05) is 18.4 Å². The molecule has 1 unspecified atom stereocenters. The van der Waals surface area contributed by atoms with Gasteiger partial charge in [-0.05, 0) is 32.4 Å². The lowest BCUT2D eigenvalue weighted by Gasteiger charge is -2.38. The van der Waals surface area contributed by atoms with Crippen molar-refractivity contribution in [3.05, 3.63) is 22.8 Å². The molecule has 0 bridgehead atoms. The normalized spacial score (nSPS) is 19.1. The molecule has 4 nitrogen and oxygen atoms in total. The molecule has 0 aromatic carbocycles. The summed E-state index contributed by atoms with van der Waals surface area (Å²) in [6.45, 7) is 5.69. The number of ether oxygens (including phenoxy) is 1. The highest BCUT2D eigenvalue weighted by Gasteiger charge is 2.43. The van der Waals surface area contributed by atoms with E-state index in [1.54, 1.807) is 6.20 Å². The van der Waals surface area contributed by atoms with E-state index in [0.717, 1.165) is 24.9 Å². The number of nitrogens with two attached hydrogens (primary N) is 1. The average molecular weight is 298 g/mol. The van der Waals surface area contributed by atoms with E-state index in [9.17, 15) is 0 Å². The highest BCUT2D eigenvalue weighted by Crippen LogP contribution is 2.44. The molecule has 1 aromatic rings. The Bertz CT molecular complexity index is 447. The Kier molecular flexibility index (Phi) is 5.24. The Hall–Kier alpha value is -0.840. The molecular weight excluding hydrogens is 274 g/mol. The van der Waals surface area contributed by atoms with Crippen LogP contribution in [0.4, 0.5) is 5.82 Å². The number of nitrogen functional groups attached to an aromatic ring is 1. The Morgan fingerprint density at radius 1 is 1.45 bits per heavy atom. The van der Waals surface area contributed by atoms with Gasteiger partial charge in [0.15, 0.2) is 0 Å². The van der Waals surface area contributed by atoms with Gasteiger partial charge in [0.25, 0.3) is 0 Å². The fraction of sp³-hybridized carbons (Fsp3) is 0.667. The lowest BCUT2D eigenvalue weighted by Crippen LogP contribution is -2.44. The monoisotopic (exact) mass is 297 g/mol. The summed E-state index contributed by atoms with van der Waals surface area (Å²) in [7, 11) is 0. The van der Waals surface area contributed by atoms with Crippen molar-refractivity contribution in [2.45, 2.75) is 51.2 Å². The lowest BCUT2D eigenvalue weighted by atomic mass is 9.86. The van der Waals surface area contributed by atoms with Crippen LogP contribution in [-0.4, -0.2) is 23.7 Å². The molecule has 1 atom stereocenters. The zero-order valence-corrected chi connectivity index (χ0v) is 13.0. The molecule has 1 saturated carbocycles. The number of aromatic nitrogens is 1. The number of hydrogen-bond acceptors (Lipinski definition) is 4. The van der Waals surface area contributed by atoms with Crippen molar-refractivity contribution in [2.24, 2.45) is 0 Å². The Morgan fingerprint density at radius 3 is 2.75 bits per heavy atom. The van der Waals surface area contributed by atoms with Crippen LogP contribution >= 0.6 is 11.6 Å². The number of likely N-dealkylation sites (N-methyl/N-ethyl adjacent to an activating group) is 1. The number of anilines is 1. The predicted octanol–water partition coefficient (Wildman–Crippen LogP) is 3.32. The minimum absolute atomic E-state index is 0.0427. The standard InChI is InChI=1S/C15H24ClN3O/c1-3-18-13(12-9-11(16)10-19-14(12)17)15(20-4-2)7-5-6-8-15/h9-10,13,18H,3-8H2,1-2H3,(H2,17,19). The molecule has 3 N–H and O–H groups in total. The molecule has 1 heterocycles. The minimum Gasteiger partial charge on any atom is -0.383 e. The molecule has 1 aromatic heterocycles. The second kappa shape index (κ2) is 6.74. The third kappa shape index (κ3) is 3.08. The number of hydrogen-bond donors (Lipinski definition) is 2. The molecule has 0 aliphatic heterocycles. The highest BCUT2D eigenvalue weighted by molar-refractivity contribution is 6.30. The van der Waals surface area contributed by atoms with Crippen molar-refractivity contribution in [3.8, 4) is 0 Å². The van der Waals surface area contributed by atoms with E-state index < -0.39 is 0 Å². The van der Waals surface area contributed by atoms with Crippen molar-refractivity contribution in [1.82, 2.24) is 10.3 Å². The second-order valence-electron chi connectivity index (χ2n) is 5.32. The lowest BCUT2D eigenvalue weighted by molar-refractivity contribution is -0.0622. The number of nitrogens with one attached hydrogen (secondary N) is 1. The summed E-state index contributed by atoms with van der Waals surface area (Å²) in [4.78, 5) is 4.19. The average Bonchev–Trinajstić information content (AvgIpc) is 2.89. The van der Waals surface area contributed by atoms with Crippen LogP contribution in [-0.2, 0) is 4.74 Å². The van der Waals surface area contributed by atoms with Gasteiger partial charge in [-0.3, -0.25) is 0 Å². The molecule has 112 valence electrons.